The quantitative estimate of drug-likeness (QED) is 0.483. The standard InChI is InChI=1S/C17H14ClFN2O5/c1-9-5-14(15(21(24)25)6-10(9)2)20-16(22)8-26-17(23)12-4-3-11(19)7-13(12)18/h3-7H,8H2,1-2H3,(H,20,22). The zero-order valence-corrected chi connectivity index (χ0v) is 14.6. The first-order chi connectivity index (χ1) is 12.2. The Hall–Kier alpha value is -3.00. The first kappa shape index (κ1) is 19.3. The van der Waals surface area contributed by atoms with Gasteiger partial charge in [-0.05, 0) is 49.2 Å². The molecule has 0 bridgehead atoms. The average Bonchev–Trinajstić information content (AvgIpc) is 2.55. The van der Waals surface area contributed by atoms with E-state index in [2.05, 4.69) is 5.32 Å². The van der Waals surface area contributed by atoms with Crippen molar-refractivity contribution in [2.45, 2.75) is 13.8 Å². The third kappa shape index (κ3) is 4.54. The number of nitrogens with zero attached hydrogens (tertiary/aromatic N) is 1. The molecule has 0 saturated carbocycles. The van der Waals surface area contributed by atoms with E-state index in [0.717, 1.165) is 23.8 Å². The van der Waals surface area contributed by atoms with Gasteiger partial charge in [0.05, 0.1) is 15.5 Å². The molecule has 0 unspecified atom stereocenters. The van der Waals surface area contributed by atoms with E-state index in [9.17, 15) is 24.1 Å². The zero-order chi connectivity index (χ0) is 19.4. The van der Waals surface area contributed by atoms with Crippen LogP contribution in [0, 0.1) is 29.8 Å². The molecular formula is C17H14ClFN2O5. The van der Waals surface area contributed by atoms with E-state index in [4.69, 9.17) is 16.3 Å². The first-order valence-corrected chi connectivity index (χ1v) is 7.74. The molecule has 0 atom stereocenters. The smallest absolute Gasteiger partial charge is 0.340 e. The third-order valence-electron chi connectivity index (χ3n) is 3.57. The number of nitro groups is 1. The largest absolute Gasteiger partial charge is 0.452 e. The number of ether oxygens (including phenoxy) is 1. The van der Waals surface area contributed by atoms with Crippen molar-refractivity contribution in [3.8, 4) is 0 Å². The maximum atomic E-state index is 13.0. The van der Waals surface area contributed by atoms with Crippen LogP contribution in [0.25, 0.3) is 0 Å². The van der Waals surface area contributed by atoms with E-state index in [1.165, 1.54) is 12.1 Å². The van der Waals surface area contributed by atoms with Crippen LogP contribution in [0.3, 0.4) is 0 Å². The Labute approximate surface area is 152 Å². The minimum atomic E-state index is -0.917. The fourth-order valence-electron chi connectivity index (χ4n) is 2.10. The Morgan fingerprint density at radius 3 is 2.50 bits per heavy atom. The average molecular weight is 381 g/mol. The Bertz CT molecular complexity index is 901. The van der Waals surface area contributed by atoms with Gasteiger partial charge < -0.3 is 10.1 Å². The zero-order valence-electron chi connectivity index (χ0n) is 13.8. The number of esters is 1. The predicted molar refractivity (Wildman–Crippen MR) is 92.9 cm³/mol. The van der Waals surface area contributed by atoms with Gasteiger partial charge in [0.15, 0.2) is 6.61 Å². The highest BCUT2D eigenvalue weighted by molar-refractivity contribution is 6.33. The summed E-state index contributed by atoms with van der Waals surface area (Å²) in [7, 11) is 0. The van der Waals surface area contributed by atoms with Crippen molar-refractivity contribution in [3.05, 3.63) is 68.0 Å². The molecular weight excluding hydrogens is 367 g/mol. The van der Waals surface area contributed by atoms with E-state index in [1.807, 2.05) is 0 Å². The molecule has 0 aliphatic carbocycles. The number of aryl methyl sites for hydroxylation is 2. The molecule has 7 nitrogen and oxygen atoms in total. The second kappa shape index (κ2) is 7.92. The number of nitrogens with one attached hydrogen (secondary N) is 1. The Kier molecular flexibility index (Phi) is 5.89. The molecule has 136 valence electrons. The lowest BCUT2D eigenvalue weighted by Gasteiger charge is -2.10. The van der Waals surface area contributed by atoms with Gasteiger partial charge in [0, 0.05) is 6.07 Å². The summed E-state index contributed by atoms with van der Waals surface area (Å²) >= 11 is 5.74. The third-order valence-corrected chi connectivity index (χ3v) is 3.88. The van der Waals surface area contributed by atoms with Gasteiger partial charge in [-0.2, -0.15) is 0 Å². The fraction of sp³-hybridized carbons (Fsp3) is 0.176. The predicted octanol–water partition coefficient (Wildman–Crippen LogP) is 3.80. The van der Waals surface area contributed by atoms with E-state index < -0.39 is 29.2 Å². The number of hydrogen-bond acceptors (Lipinski definition) is 5. The minimum Gasteiger partial charge on any atom is -0.452 e. The van der Waals surface area contributed by atoms with Crippen LogP contribution < -0.4 is 5.32 Å². The summed E-state index contributed by atoms with van der Waals surface area (Å²) in [5, 5.41) is 13.3. The highest BCUT2D eigenvalue weighted by Gasteiger charge is 2.19. The maximum Gasteiger partial charge on any atom is 0.340 e. The van der Waals surface area contributed by atoms with Crippen LogP contribution >= 0.6 is 11.6 Å². The second-order valence-electron chi connectivity index (χ2n) is 5.46. The van der Waals surface area contributed by atoms with Crippen LogP contribution in [0.5, 0.6) is 0 Å². The number of amides is 1. The summed E-state index contributed by atoms with van der Waals surface area (Å²) in [5.74, 6) is -2.30. The molecule has 1 amide bonds. The summed E-state index contributed by atoms with van der Waals surface area (Å²) in [6.45, 7) is 2.77. The van der Waals surface area contributed by atoms with Crippen LogP contribution in [-0.4, -0.2) is 23.4 Å². The van der Waals surface area contributed by atoms with Crippen LogP contribution in [0.4, 0.5) is 15.8 Å². The highest BCUT2D eigenvalue weighted by atomic mass is 35.5. The lowest BCUT2D eigenvalue weighted by Crippen LogP contribution is -2.21. The Morgan fingerprint density at radius 1 is 1.23 bits per heavy atom. The molecule has 0 saturated heterocycles. The Balaban J connectivity index is 2.06. The first-order valence-electron chi connectivity index (χ1n) is 7.36. The van der Waals surface area contributed by atoms with Crippen molar-refractivity contribution in [1.82, 2.24) is 0 Å². The Morgan fingerprint density at radius 2 is 1.88 bits per heavy atom. The summed E-state index contributed by atoms with van der Waals surface area (Å²) in [6.07, 6.45) is 0. The minimum absolute atomic E-state index is 0.000960. The van der Waals surface area contributed by atoms with Gasteiger partial charge in [0.2, 0.25) is 0 Å². The van der Waals surface area contributed by atoms with Crippen LogP contribution in [0.15, 0.2) is 30.3 Å². The van der Waals surface area contributed by atoms with Crippen molar-refractivity contribution in [1.29, 1.82) is 0 Å². The summed E-state index contributed by atoms with van der Waals surface area (Å²) < 4.78 is 17.8. The van der Waals surface area contributed by atoms with Crippen molar-refractivity contribution in [3.63, 3.8) is 0 Å². The molecule has 2 aromatic carbocycles. The van der Waals surface area contributed by atoms with Gasteiger partial charge in [-0.3, -0.25) is 14.9 Å². The topological polar surface area (TPSA) is 98.5 Å². The van der Waals surface area contributed by atoms with Gasteiger partial charge >= 0.3 is 5.97 Å². The monoisotopic (exact) mass is 380 g/mol. The van der Waals surface area contributed by atoms with E-state index in [1.54, 1.807) is 13.8 Å². The number of anilines is 1. The second-order valence-corrected chi connectivity index (χ2v) is 5.87. The maximum absolute atomic E-state index is 13.0. The number of hydrogen-bond donors (Lipinski definition) is 1. The van der Waals surface area contributed by atoms with E-state index in [0.29, 0.717) is 5.56 Å². The number of benzene rings is 2. The van der Waals surface area contributed by atoms with Gasteiger partial charge in [-0.15, -0.1) is 0 Å². The molecule has 0 aliphatic rings. The molecule has 9 heteroatoms. The van der Waals surface area contributed by atoms with Crippen molar-refractivity contribution in [2.24, 2.45) is 0 Å². The van der Waals surface area contributed by atoms with Gasteiger partial charge in [-0.25, -0.2) is 9.18 Å². The molecule has 1 N–H and O–H groups in total. The van der Waals surface area contributed by atoms with Crippen LogP contribution in [0.1, 0.15) is 21.5 Å². The molecule has 0 aliphatic heterocycles. The fourth-order valence-corrected chi connectivity index (χ4v) is 2.35. The van der Waals surface area contributed by atoms with E-state index >= 15 is 0 Å². The molecule has 0 spiro atoms. The molecule has 26 heavy (non-hydrogen) atoms. The number of nitro benzene ring substituents is 1. The molecule has 0 radical (unpaired) electrons. The number of carbonyl (C=O) groups excluding carboxylic acids is 2. The normalized spacial score (nSPS) is 10.3. The highest BCUT2D eigenvalue weighted by Crippen LogP contribution is 2.28. The lowest BCUT2D eigenvalue weighted by atomic mass is 10.1. The van der Waals surface area contributed by atoms with Crippen molar-refractivity contribution >= 4 is 34.9 Å². The summed E-state index contributed by atoms with van der Waals surface area (Å²) in [4.78, 5) is 34.3. The molecule has 0 heterocycles. The number of halogens is 2. The SMILES string of the molecule is Cc1cc(NC(=O)COC(=O)c2ccc(F)cc2Cl)c([N+](=O)[O-])cc1C. The van der Waals surface area contributed by atoms with Crippen LogP contribution in [-0.2, 0) is 9.53 Å². The van der Waals surface area contributed by atoms with Crippen molar-refractivity contribution < 1.29 is 23.6 Å². The number of rotatable bonds is 5. The summed E-state index contributed by atoms with van der Waals surface area (Å²) in [6, 6.07) is 5.91. The molecule has 2 aromatic rings. The van der Waals surface area contributed by atoms with Crippen LogP contribution in [0.2, 0.25) is 5.02 Å². The lowest BCUT2D eigenvalue weighted by molar-refractivity contribution is -0.384. The molecule has 2 rings (SSSR count). The van der Waals surface area contributed by atoms with Gasteiger partial charge in [-0.1, -0.05) is 11.6 Å². The summed E-state index contributed by atoms with van der Waals surface area (Å²) in [5.41, 5.74) is 1.08. The molecule has 0 fully saturated rings. The van der Waals surface area contributed by atoms with Gasteiger partial charge in [0.1, 0.15) is 11.5 Å². The van der Waals surface area contributed by atoms with E-state index in [-0.39, 0.29) is 22.0 Å². The molecule has 0 aromatic heterocycles. The number of carbonyl (C=O) groups is 2. The van der Waals surface area contributed by atoms with Gasteiger partial charge in [0.25, 0.3) is 11.6 Å². The van der Waals surface area contributed by atoms with Crippen molar-refractivity contribution in [2.75, 3.05) is 11.9 Å².